The smallest absolute Gasteiger partial charge is 0.446 e. The molecule has 2 N–H and O–H groups in total. The Morgan fingerprint density at radius 2 is 1.96 bits per heavy atom. The highest BCUT2D eigenvalue weighted by Crippen LogP contribution is 2.60. The Labute approximate surface area is 147 Å². The average molecular weight is 366 g/mol. The lowest BCUT2D eigenvalue weighted by atomic mass is 9.55. The molecule has 4 unspecified atom stereocenters. The summed E-state index contributed by atoms with van der Waals surface area (Å²) >= 11 is 0. The second-order valence-electron chi connectivity index (χ2n) is 7.86. The fourth-order valence-electron chi connectivity index (χ4n) is 5.54. The quantitative estimate of drug-likeness (QED) is 0.780. The number of carbonyl (C=O) groups excluding carboxylic acids is 1. The molecule has 0 heterocycles. The van der Waals surface area contributed by atoms with E-state index in [4.69, 9.17) is 4.55 Å². The molecule has 6 nitrogen and oxygen atoms in total. The van der Waals surface area contributed by atoms with Crippen molar-refractivity contribution in [3.63, 3.8) is 0 Å². The van der Waals surface area contributed by atoms with Gasteiger partial charge in [0.05, 0.1) is 0 Å². The molecular weight excluding hydrogens is 344 g/mol. The van der Waals surface area contributed by atoms with Crippen LogP contribution in [0, 0.1) is 17.3 Å². The number of phenolic OH excluding ortho intramolecular Hbond substituents is 1. The Balaban J connectivity index is 1.69. The lowest BCUT2D eigenvalue weighted by Crippen LogP contribution is -2.42. The topological polar surface area (TPSA) is 101 Å². The van der Waals surface area contributed by atoms with Gasteiger partial charge in [-0.15, -0.1) is 0 Å². The fraction of sp³-hybridized carbons (Fsp3) is 0.611. The van der Waals surface area contributed by atoms with E-state index in [0.29, 0.717) is 24.0 Å². The maximum Gasteiger partial charge on any atom is 0.446 e. The van der Waals surface area contributed by atoms with Gasteiger partial charge in [-0.2, -0.15) is 8.42 Å². The van der Waals surface area contributed by atoms with Gasteiger partial charge in [0.2, 0.25) is 0 Å². The van der Waals surface area contributed by atoms with Gasteiger partial charge in [0.1, 0.15) is 5.78 Å². The molecule has 4 rings (SSSR count). The molecule has 25 heavy (non-hydrogen) atoms. The number of hydrogen-bond acceptors (Lipinski definition) is 5. The summed E-state index contributed by atoms with van der Waals surface area (Å²) in [6.45, 7) is 2.11. The molecule has 0 aliphatic heterocycles. The molecule has 136 valence electrons. The maximum atomic E-state index is 12.3. The Hall–Kier alpha value is -1.60. The van der Waals surface area contributed by atoms with Crippen molar-refractivity contribution in [3.8, 4) is 11.5 Å². The van der Waals surface area contributed by atoms with Crippen LogP contribution in [0.2, 0.25) is 0 Å². The number of carbonyl (C=O) groups is 1. The molecule has 3 aliphatic carbocycles. The third kappa shape index (κ3) is 2.64. The SMILES string of the molecule is CC12CCC3c4cc(O)c(OS(=O)(=O)O)cc4CCC3C1CCC2=O. The first kappa shape index (κ1) is 16.8. The number of phenols is 1. The number of fused-ring (bicyclic) bond motifs is 5. The van der Waals surface area contributed by atoms with E-state index in [2.05, 4.69) is 11.1 Å². The van der Waals surface area contributed by atoms with Crippen molar-refractivity contribution in [2.24, 2.45) is 17.3 Å². The number of benzene rings is 1. The summed E-state index contributed by atoms with van der Waals surface area (Å²) < 4.78 is 35.2. The summed E-state index contributed by atoms with van der Waals surface area (Å²) in [7, 11) is -4.67. The molecule has 2 fully saturated rings. The highest BCUT2D eigenvalue weighted by Gasteiger charge is 2.54. The van der Waals surface area contributed by atoms with E-state index in [0.717, 1.165) is 43.2 Å². The number of hydrogen-bond donors (Lipinski definition) is 2. The van der Waals surface area contributed by atoms with Crippen LogP contribution in [0.1, 0.15) is 56.1 Å². The van der Waals surface area contributed by atoms with Crippen molar-refractivity contribution in [1.29, 1.82) is 0 Å². The predicted molar refractivity (Wildman–Crippen MR) is 89.9 cm³/mol. The molecule has 0 bridgehead atoms. The van der Waals surface area contributed by atoms with Gasteiger partial charge in [-0.05, 0) is 73.1 Å². The Morgan fingerprint density at radius 1 is 1.20 bits per heavy atom. The summed E-state index contributed by atoms with van der Waals surface area (Å²) in [4.78, 5) is 12.3. The van der Waals surface area contributed by atoms with E-state index < -0.39 is 10.4 Å². The number of Topliss-reactive ketones (excluding diaryl/α,β-unsaturated/α-hetero) is 1. The molecule has 3 aliphatic rings. The van der Waals surface area contributed by atoms with Crippen LogP contribution in [0.4, 0.5) is 0 Å². The maximum absolute atomic E-state index is 12.3. The summed E-state index contributed by atoms with van der Waals surface area (Å²) in [6.07, 6.45) is 5.07. The molecule has 0 radical (unpaired) electrons. The molecule has 7 heteroatoms. The van der Waals surface area contributed by atoms with Crippen molar-refractivity contribution in [2.75, 3.05) is 0 Å². The van der Waals surface area contributed by atoms with E-state index in [1.54, 1.807) is 6.07 Å². The standard InChI is InChI=1S/C18H22O6S/c1-18-7-6-11-12(14(18)4-5-17(18)20)3-2-10-8-16(24-25(21,22)23)15(19)9-13(10)11/h8-9,11-12,14,19H,2-7H2,1H3,(H,21,22,23). The zero-order valence-electron chi connectivity index (χ0n) is 14.1. The van der Waals surface area contributed by atoms with Gasteiger partial charge in [-0.1, -0.05) is 6.92 Å². The van der Waals surface area contributed by atoms with E-state index >= 15 is 0 Å². The fourth-order valence-corrected chi connectivity index (χ4v) is 5.90. The molecule has 0 saturated heterocycles. The lowest BCUT2D eigenvalue weighted by Gasteiger charge is -2.48. The van der Waals surface area contributed by atoms with E-state index in [-0.39, 0.29) is 22.8 Å². The number of ketones is 1. The zero-order valence-corrected chi connectivity index (χ0v) is 14.9. The van der Waals surface area contributed by atoms with Crippen molar-refractivity contribution < 1.29 is 27.1 Å². The highest BCUT2D eigenvalue weighted by molar-refractivity contribution is 7.81. The second-order valence-corrected chi connectivity index (χ2v) is 8.89. The van der Waals surface area contributed by atoms with E-state index in [1.807, 2.05) is 0 Å². The third-order valence-electron chi connectivity index (χ3n) is 6.71. The minimum Gasteiger partial charge on any atom is -0.504 e. The van der Waals surface area contributed by atoms with E-state index in [1.165, 1.54) is 6.07 Å². The Kier molecular flexibility index (Phi) is 3.67. The monoisotopic (exact) mass is 366 g/mol. The summed E-state index contributed by atoms with van der Waals surface area (Å²) in [6, 6.07) is 3.09. The average Bonchev–Trinajstić information content (AvgIpc) is 2.82. The third-order valence-corrected chi connectivity index (χ3v) is 7.10. The zero-order chi connectivity index (χ0) is 18.0. The van der Waals surface area contributed by atoms with Crippen molar-refractivity contribution >= 4 is 16.2 Å². The molecule has 0 spiro atoms. The summed E-state index contributed by atoms with van der Waals surface area (Å²) in [5.41, 5.74) is 1.78. The van der Waals surface area contributed by atoms with Gasteiger partial charge in [0, 0.05) is 11.8 Å². The van der Waals surface area contributed by atoms with Crippen LogP contribution in [-0.2, 0) is 21.6 Å². The first-order valence-corrected chi connectivity index (χ1v) is 10.1. The van der Waals surface area contributed by atoms with Crippen LogP contribution in [0.15, 0.2) is 12.1 Å². The number of rotatable bonds is 2. The van der Waals surface area contributed by atoms with Gasteiger partial charge in [-0.3, -0.25) is 9.35 Å². The first-order valence-electron chi connectivity index (χ1n) is 8.75. The van der Waals surface area contributed by atoms with Crippen molar-refractivity contribution in [1.82, 2.24) is 0 Å². The molecular formula is C18H22O6S. The van der Waals surface area contributed by atoms with Gasteiger partial charge >= 0.3 is 10.4 Å². The van der Waals surface area contributed by atoms with Crippen LogP contribution in [0.25, 0.3) is 0 Å². The van der Waals surface area contributed by atoms with Crippen LogP contribution >= 0.6 is 0 Å². The molecule has 1 aromatic carbocycles. The van der Waals surface area contributed by atoms with Crippen molar-refractivity contribution in [3.05, 3.63) is 23.3 Å². The van der Waals surface area contributed by atoms with Crippen LogP contribution in [-0.4, -0.2) is 23.9 Å². The number of aromatic hydroxyl groups is 1. The normalized spacial score (nSPS) is 34.2. The molecule has 4 atom stereocenters. The highest BCUT2D eigenvalue weighted by atomic mass is 32.3. The van der Waals surface area contributed by atoms with Gasteiger partial charge in [0.15, 0.2) is 11.5 Å². The summed E-state index contributed by atoms with van der Waals surface area (Å²) in [5, 5.41) is 10.1. The minimum absolute atomic E-state index is 0.200. The molecule has 1 aromatic rings. The van der Waals surface area contributed by atoms with Crippen LogP contribution < -0.4 is 4.18 Å². The Morgan fingerprint density at radius 3 is 2.68 bits per heavy atom. The molecule has 0 amide bonds. The molecule has 0 aromatic heterocycles. The Bertz CT molecular complexity index is 845. The largest absolute Gasteiger partial charge is 0.504 e. The lowest BCUT2D eigenvalue weighted by molar-refractivity contribution is -0.129. The van der Waals surface area contributed by atoms with Crippen LogP contribution in [0.5, 0.6) is 11.5 Å². The summed E-state index contributed by atoms with van der Waals surface area (Å²) in [5.74, 6) is 0.956. The van der Waals surface area contributed by atoms with E-state index in [9.17, 15) is 18.3 Å². The van der Waals surface area contributed by atoms with Gasteiger partial charge in [0.25, 0.3) is 0 Å². The van der Waals surface area contributed by atoms with Crippen LogP contribution in [0.3, 0.4) is 0 Å². The molecule has 2 saturated carbocycles. The second kappa shape index (κ2) is 5.45. The van der Waals surface area contributed by atoms with Crippen molar-refractivity contribution in [2.45, 2.75) is 51.4 Å². The number of aryl methyl sites for hydroxylation is 1. The van der Waals surface area contributed by atoms with Gasteiger partial charge < -0.3 is 9.29 Å². The minimum atomic E-state index is -4.67. The van der Waals surface area contributed by atoms with Gasteiger partial charge in [-0.25, -0.2) is 0 Å². The first-order chi connectivity index (χ1) is 11.7. The predicted octanol–water partition coefficient (Wildman–Crippen LogP) is 3.00.